The lowest BCUT2D eigenvalue weighted by Gasteiger charge is -1.87. The molecule has 3 nitrogen and oxygen atoms in total. The standard InChI is InChI=1S/C9H7NO2/c1-6-10-9-7(5-11)3-2-4-8(9)12-6/h2-5H,1H3. The molecule has 2 rings (SSSR count). The summed E-state index contributed by atoms with van der Waals surface area (Å²) in [6.45, 7) is 1.76. The Morgan fingerprint density at radius 3 is 3.08 bits per heavy atom. The normalized spacial score (nSPS) is 10.4. The molecule has 0 bridgehead atoms. The predicted octanol–water partition coefficient (Wildman–Crippen LogP) is 1.95. The van der Waals surface area contributed by atoms with Gasteiger partial charge < -0.3 is 4.42 Å². The van der Waals surface area contributed by atoms with E-state index in [0.29, 0.717) is 22.6 Å². The van der Waals surface area contributed by atoms with E-state index in [-0.39, 0.29) is 0 Å². The van der Waals surface area contributed by atoms with Crippen molar-refractivity contribution in [3.05, 3.63) is 29.7 Å². The van der Waals surface area contributed by atoms with E-state index in [2.05, 4.69) is 4.98 Å². The minimum absolute atomic E-state index is 0.573. The summed E-state index contributed by atoms with van der Waals surface area (Å²) < 4.78 is 5.24. The third-order valence-electron chi connectivity index (χ3n) is 1.68. The summed E-state index contributed by atoms with van der Waals surface area (Å²) >= 11 is 0. The van der Waals surface area contributed by atoms with Crippen molar-refractivity contribution in [2.45, 2.75) is 6.92 Å². The van der Waals surface area contributed by atoms with Gasteiger partial charge in [0, 0.05) is 12.5 Å². The summed E-state index contributed by atoms with van der Waals surface area (Å²) in [7, 11) is 0. The third-order valence-corrected chi connectivity index (χ3v) is 1.68. The van der Waals surface area contributed by atoms with Crippen molar-refractivity contribution in [3.63, 3.8) is 0 Å². The maximum atomic E-state index is 10.5. The summed E-state index contributed by atoms with van der Waals surface area (Å²) in [6.07, 6.45) is 0.782. The molecule has 0 radical (unpaired) electrons. The van der Waals surface area contributed by atoms with Gasteiger partial charge >= 0.3 is 0 Å². The highest BCUT2D eigenvalue weighted by molar-refractivity contribution is 5.93. The number of aldehydes is 1. The van der Waals surface area contributed by atoms with Crippen LogP contribution >= 0.6 is 0 Å². The van der Waals surface area contributed by atoms with Crippen molar-refractivity contribution >= 4 is 17.4 Å². The van der Waals surface area contributed by atoms with Crippen LogP contribution in [0.25, 0.3) is 11.1 Å². The van der Waals surface area contributed by atoms with Crippen LogP contribution in [0.1, 0.15) is 16.2 Å². The lowest BCUT2D eigenvalue weighted by atomic mass is 10.2. The zero-order chi connectivity index (χ0) is 8.55. The first-order valence-electron chi connectivity index (χ1n) is 3.62. The molecule has 0 aliphatic heterocycles. The van der Waals surface area contributed by atoms with Gasteiger partial charge in [0.25, 0.3) is 0 Å². The highest BCUT2D eigenvalue weighted by Crippen LogP contribution is 2.17. The molecule has 0 saturated carbocycles. The van der Waals surface area contributed by atoms with Gasteiger partial charge in [-0.15, -0.1) is 0 Å². The molecule has 0 amide bonds. The molecular formula is C9H7NO2. The Balaban J connectivity index is 2.86. The lowest BCUT2D eigenvalue weighted by molar-refractivity contribution is 0.112. The van der Waals surface area contributed by atoms with Gasteiger partial charge in [-0.1, -0.05) is 6.07 Å². The Kier molecular flexibility index (Phi) is 1.43. The molecule has 0 aliphatic carbocycles. The molecule has 0 fully saturated rings. The fourth-order valence-corrected chi connectivity index (χ4v) is 1.18. The van der Waals surface area contributed by atoms with E-state index in [0.717, 1.165) is 6.29 Å². The van der Waals surface area contributed by atoms with Crippen LogP contribution in [-0.2, 0) is 0 Å². The second kappa shape index (κ2) is 2.44. The van der Waals surface area contributed by atoms with Gasteiger partial charge in [-0.2, -0.15) is 0 Å². The average molecular weight is 161 g/mol. The molecule has 2 aromatic rings. The third kappa shape index (κ3) is 0.906. The average Bonchev–Trinajstić information content (AvgIpc) is 2.44. The Labute approximate surface area is 69.0 Å². The lowest BCUT2D eigenvalue weighted by Crippen LogP contribution is -1.80. The molecule has 60 valence electrons. The maximum absolute atomic E-state index is 10.5. The van der Waals surface area contributed by atoms with Crippen molar-refractivity contribution in [1.82, 2.24) is 4.98 Å². The number of carbonyl (C=O) groups excluding carboxylic acids is 1. The number of aryl methyl sites for hydroxylation is 1. The minimum Gasteiger partial charge on any atom is -0.441 e. The molecule has 0 unspecified atom stereocenters. The maximum Gasteiger partial charge on any atom is 0.192 e. The molecule has 12 heavy (non-hydrogen) atoms. The van der Waals surface area contributed by atoms with E-state index < -0.39 is 0 Å². The second-order valence-electron chi connectivity index (χ2n) is 2.54. The van der Waals surface area contributed by atoms with Crippen molar-refractivity contribution in [2.75, 3.05) is 0 Å². The second-order valence-corrected chi connectivity index (χ2v) is 2.54. The van der Waals surface area contributed by atoms with Gasteiger partial charge in [-0.25, -0.2) is 4.98 Å². The van der Waals surface area contributed by atoms with Crippen LogP contribution in [0.4, 0.5) is 0 Å². The van der Waals surface area contributed by atoms with E-state index in [4.69, 9.17) is 4.42 Å². The molecule has 0 atom stereocenters. The number of hydrogen-bond acceptors (Lipinski definition) is 3. The Morgan fingerprint density at radius 2 is 2.33 bits per heavy atom. The number of hydrogen-bond donors (Lipinski definition) is 0. The Bertz CT molecular complexity index is 431. The Hall–Kier alpha value is -1.64. The number of rotatable bonds is 1. The SMILES string of the molecule is Cc1nc2c(C=O)cccc2o1. The summed E-state index contributed by atoms with van der Waals surface area (Å²) in [5, 5.41) is 0. The largest absolute Gasteiger partial charge is 0.441 e. The molecule has 0 N–H and O–H groups in total. The highest BCUT2D eigenvalue weighted by Gasteiger charge is 2.05. The summed E-state index contributed by atoms with van der Waals surface area (Å²) in [5.41, 5.74) is 1.88. The molecule has 1 aromatic heterocycles. The van der Waals surface area contributed by atoms with Crippen molar-refractivity contribution < 1.29 is 9.21 Å². The van der Waals surface area contributed by atoms with Gasteiger partial charge in [0.05, 0.1) is 0 Å². The van der Waals surface area contributed by atoms with Gasteiger partial charge in [0.1, 0.15) is 5.52 Å². The first kappa shape index (κ1) is 7.03. The van der Waals surface area contributed by atoms with Crippen LogP contribution in [0, 0.1) is 6.92 Å². The highest BCUT2D eigenvalue weighted by atomic mass is 16.3. The monoisotopic (exact) mass is 161 g/mol. The van der Waals surface area contributed by atoms with E-state index in [1.165, 1.54) is 0 Å². The van der Waals surface area contributed by atoms with Crippen molar-refractivity contribution in [1.29, 1.82) is 0 Å². The number of benzene rings is 1. The number of para-hydroxylation sites is 1. The predicted molar refractivity (Wildman–Crippen MR) is 44.1 cm³/mol. The minimum atomic E-state index is 0.573. The number of nitrogens with zero attached hydrogens (tertiary/aromatic N) is 1. The first-order valence-corrected chi connectivity index (χ1v) is 3.62. The van der Waals surface area contributed by atoms with Gasteiger partial charge in [0.2, 0.25) is 0 Å². The van der Waals surface area contributed by atoms with E-state index in [1.807, 2.05) is 0 Å². The fraction of sp³-hybridized carbons (Fsp3) is 0.111. The van der Waals surface area contributed by atoms with Crippen LogP contribution < -0.4 is 0 Å². The van der Waals surface area contributed by atoms with Crippen LogP contribution in [0.3, 0.4) is 0 Å². The molecule has 0 spiro atoms. The first-order chi connectivity index (χ1) is 5.81. The van der Waals surface area contributed by atoms with Crippen molar-refractivity contribution in [3.8, 4) is 0 Å². The summed E-state index contributed by atoms with van der Waals surface area (Å²) in [5.74, 6) is 0.583. The van der Waals surface area contributed by atoms with Crippen LogP contribution in [0.2, 0.25) is 0 Å². The molecule has 1 aromatic carbocycles. The summed E-state index contributed by atoms with van der Waals surface area (Å²) in [4.78, 5) is 14.6. The molecule has 0 aliphatic rings. The topological polar surface area (TPSA) is 43.1 Å². The van der Waals surface area contributed by atoms with E-state index in [9.17, 15) is 4.79 Å². The van der Waals surface area contributed by atoms with Gasteiger partial charge in [-0.3, -0.25) is 4.79 Å². The van der Waals surface area contributed by atoms with E-state index >= 15 is 0 Å². The van der Waals surface area contributed by atoms with Crippen LogP contribution in [0.15, 0.2) is 22.6 Å². The Morgan fingerprint density at radius 1 is 1.50 bits per heavy atom. The zero-order valence-corrected chi connectivity index (χ0v) is 6.57. The van der Waals surface area contributed by atoms with E-state index in [1.54, 1.807) is 25.1 Å². The number of fused-ring (bicyclic) bond motifs is 1. The quantitative estimate of drug-likeness (QED) is 0.600. The van der Waals surface area contributed by atoms with Crippen LogP contribution in [-0.4, -0.2) is 11.3 Å². The molecule has 3 heteroatoms. The zero-order valence-electron chi connectivity index (χ0n) is 6.57. The molecule has 0 saturated heterocycles. The van der Waals surface area contributed by atoms with Crippen LogP contribution in [0.5, 0.6) is 0 Å². The van der Waals surface area contributed by atoms with Crippen molar-refractivity contribution in [2.24, 2.45) is 0 Å². The van der Waals surface area contributed by atoms with Gasteiger partial charge in [-0.05, 0) is 12.1 Å². The smallest absolute Gasteiger partial charge is 0.192 e. The fourth-order valence-electron chi connectivity index (χ4n) is 1.18. The molecule has 1 heterocycles. The number of carbonyl (C=O) groups is 1. The number of oxazole rings is 1. The van der Waals surface area contributed by atoms with Gasteiger partial charge in [0.15, 0.2) is 17.8 Å². The number of aromatic nitrogens is 1. The summed E-state index contributed by atoms with van der Waals surface area (Å²) in [6, 6.07) is 5.29. The molecular weight excluding hydrogens is 154 g/mol.